The van der Waals surface area contributed by atoms with Crippen molar-refractivity contribution >= 4 is 5.91 Å². The van der Waals surface area contributed by atoms with Crippen LogP contribution in [0.5, 0.6) is 0 Å². The fourth-order valence-electron chi connectivity index (χ4n) is 2.67. The third kappa shape index (κ3) is 3.13. The fourth-order valence-corrected chi connectivity index (χ4v) is 2.67. The first-order valence-electron chi connectivity index (χ1n) is 7.14. The smallest absolute Gasteiger partial charge is 0.257 e. The Labute approximate surface area is 122 Å². The van der Waals surface area contributed by atoms with E-state index in [0.29, 0.717) is 13.1 Å². The molecule has 0 spiro atoms. The van der Waals surface area contributed by atoms with E-state index in [4.69, 9.17) is 4.42 Å². The average molecular weight is 289 g/mol. The van der Waals surface area contributed by atoms with E-state index in [2.05, 4.69) is 0 Å². The number of carbonyl (C=O) groups excluding carboxylic acids is 1. The number of quaternary nitrogens is 1. The molecule has 0 atom stereocenters. The monoisotopic (exact) mass is 289 g/mol. The molecule has 4 nitrogen and oxygen atoms in total. The minimum Gasteiger partial charge on any atom is -0.463 e. The van der Waals surface area contributed by atoms with Crippen molar-refractivity contribution in [3.8, 4) is 0 Å². The number of piperazine rings is 1. The highest BCUT2D eigenvalue weighted by Crippen LogP contribution is 2.10. The Bertz CT molecular complexity index is 604. The maximum atomic E-state index is 13.7. The van der Waals surface area contributed by atoms with Gasteiger partial charge in [0.25, 0.3) is 5.91 Å². The molecule has 0 saturated carbocycles. The first-order valence-corrected chi connectivity index (χ1v) is 7.14. The van der Waals surface area contributed by atoms with Crippen LogP contribution < -0.4 is 4.90 Å². The number of hydrogen-bond acceptors (Lipinski definition) is 2. The van der Waals surface area contributed by atoms with Gasteiger partial charge in [0.2, 0.25) is 0 Å². The number of nitrogens with zero attached hydrogens (tertiary/aromatic N) is 1. The molecule has 1 aromatic heterocycles. The van der Waals surface area contributed by atoms with Gasteiger partial charge in [-0.15, -0.1) is 0 Å². The molecule has 1 saturated heterocycles. The lowest BCUT2D eigenvalue weighted by Crippen LogP contribution is -3.13. The molecular formula is C16H18FN2O2+. The zero-order valence-corrected chi connectivity index (χ0v) is 11.7. The van der Waals surface area contributed by atoms with Crippen molar-refractivity contribution in [1.82, 2.24) is 4.90 Å². The number of rotatable bonds is 3. The van der Waals surface area contributed by atoms with E-state index in [1.807, 2.05) is 12.1 Å². The van der Waals surface area contributed by atoms with Gasteiger partial charge in [0.1, 0.15) is 12.4 Å². The third-order valence-electron chi connectivity index (χ3n) is 3.87. The SMILES string of the molecule is O=C(c1ccccc1F)N1CC[NH+](Cc2ccco2)CC1. The lowest BCUT2D eigenvalue weighted by Gasteiger charge is -2.31. The number of carbonyl (C=O) groups is 1. The number of halogens is 1. The standard InChI is InChI=1S/C16H17FN2O2/c17-15-6-2-1-5-14(15)16(20)19-9-7-18(8-10-19)12-13-4-3-11-21-13/h1-6,11H,7-10,12H2/p+1. The summed E-state index contributed by atoms with van der Waals surface area (Å²) in [7, 11) is 0. The lowest BCUT2D eigenvalue weighted by molar-refractivity contribution is -0.918. The van der Waals surface area contributed by atoms with Crippen molar-refractivity contribution in [2.24, 2.45) is 0 Å². The Morgan fingerprint density at radius 2 is 1.95 bits per heavy atom. The molecule has 21 heavy (non-hydrogen) atoms. The molecule has 3 rings (SSSR count). The molecule has 1 aliphatic rings. The Morgan fingerprint density at radius 3 is 2.62 bits per heavy atom. The molecule has 0 radical (unpaired) electrons. The summed E-state index contributed by atoms with van der Waals surface area (Å²) in [4.78, 5) is 15.4. The van der Waals surface area contributed by atoms with Crippen LogP contribution >= 0.6 is 0 Å². The van der Waals surface area contributed by atoms with E-state index in [-0.39, 0.29) is 11.5 Å². The van der Waals surface area contributed by atoms with Gasteiger partial charge >= 0.3 is 0 Å². The van der Waals surface area contributed by atoms with E-state index in [1.165, 1.54) is 11.0 Å². The summed E-state index contributed by atoms with van der Waals surface area (Å²) in [6, 6.07) is 9.99. The van der Waals surface area contributed by atoms with Crippen molar-refractivity contribution in [3.63, 3.8) is 0 Å². The largest absolute Gasteiger partial charge is 0.463 e. The Hall–Kier alpha value is -2.14. The predicted octanol–water partition coefficient (Wildman–Crippen LogP) is 0.960. The second-order valence-electron chi connectivity index (χ2n) is 5.28. The normalized spacial score (nSPS) is 16.1. The van der Waals surface area contributed by atoms with E-state index in [0.717, 1.165) is 25.4 Å². The summed E-state index contributed by atoms with van der Waals surface area (Å²) in [6.45, 7) is 3.81. The minimum atomic E-state index is -0.451. The Balaban J connectivity index is 1.58. The summed E-state index contributed by atoms with van der Waals surface area (Å²) in [5, 5.41) is 0. The summed E-state index contributed by atoms with van der Waals surface area (Å²) < 4.78 is 19.0. The van der Waals surface area contributed by atoms with Crippen LogP contribution in [0.4, 0.5) is 4.39 Å². The molecule has 110 valence electrons. The molecule has 1 N–H and O–H groups in total. The number of furan rings is 1. The topological polar surface area (TPSA) is 37.9 Å². The highest BCUT2D eigenvalue weighted by molar-refractivity contribution is 5.94. The molecule has 2 aromatic rings. The Morgan fingerprint density at radius 1 is 1.19 bits per heavy atom. The van der Waals surface area contributed by atoms with Crippen LogP contribution in [0.1, 0.15) is 16.1 Å². The van der Waals surface area contributed by atoms with Gasteiger partial charge in [-0.25, -0.2) is 4.39 Å². The molecule has 0 bridgehead atoms. The minimum absolute atomic E-state index is 0.159. The van der Waals surface area contributed by atoms with E-state index < -0.39 is 5.82 Å². The van der Waals surface area contributed by atoms with Crippen molar-refractivity contribution in [1.29, 1.82) is 0 Å². The summed E-state index contributed by atoms with van der Waals surface area (Å²) >= 11 is 0. The second-order valence-corrected chi connectivity index (χ2v) is 5.28. The summed E-state index contributed by atoms with van der Waals surface area (Å²) in [5.74, 6) is 0.289. The molecule has 1 aromatic carbocycles. The quantitative estimate of drug-likeness (QED) is 0.914. The van der Waals surface area contributed by atoms with Gasteiger partial charge in [-0.3, -0.25) is 4.79 Å². The predicted molar refractivity (Wildman–Crippen MR) is 75.4 cm³/mol. The maximum absolute atomic E-state index is 13.7. The van der Waals surface area contributed by atoms with E-state index in [1.54, 1.807) is 29.4 Å². The first kappa shape index (κ1) is 13.8. The van der Waals surface area contributed by atoms with Gasteiger partial charge < -0.3 is 14.2 Å². The first-order chi connectivity index (χ1) is 10.2. The fraction of sp³-hybridized carbons (Fsp3) is 0.312. The van der Waals surface area contributed by atoms with Gasteiger partial charge in [0.15, 0.2) is 5.76 Å². The molecule has 0 unspecified atom stereocenters. The van der Waals surface area contributed by atoms with Gasteiger partial charge in [-0.05, 0) is 24.3 Å². The molecule has 5 heteroatoms. The molecule has 1 aliphatic heterocycles. The van der Waals surface area contributed by atoms with Crippen LogP contribution in [0.2, 0.25) is 0 Å². The van der Waals surface area contributed by atoms with Crippen molar-refractivity contribution < 1.29 is 18.5 Å². The van der Waals surface area contributed by atoms with Gasteiger partial charge in [0, 0.05) is 0 Å². The van der Waals surface area contributed by atoms with Crippen LogP contribution in [0.3, 0.4) is 0 Å². The van der Waals surface area contributed by atoms with Crippen LogP contribution in [-0.4, -0.2) is 37.0 Å². The number of hydrogen-bond donors (Lipinski definition) is 1. The van der Waals surface area contributed by atoms with Crippen LogP contribution in [0.25, 0.3) is 0 Å². The number of nitrogens with one attached hydrogen (secondary N) is 1. The van der Waals surface area contributed by atoms with Crippen molar-refractivity contribution in [2.45, 2.75) is 6.54 Å². The van der Waals surface area contributed by atoms with Crippen molar-refractivity contribution in [3.05, 3.63) is 59.8 Å². The van der Waals surface area contributed by atoms with Crippen LogP contribution in [0.15, 0.2) is 47.1 Å². The van der Waals surface area contributed by atoms with Crippen LogP contribution in [-0.2, 0) is 6.54 Å². The highest BCUT2D eigenvalue weighted by Gasteiger charge is 2.26. The maximum Gasteiger partial charge on any atom is 0.257 e. The van der Waals surface area contributed by atoms with Crippen LogP contribution in [0, 0.1) is 5.82 Å². The molecule has 1 amide bonds. The lowest BCUT2D eigenvalue weighted by atomic mass is 10.1. The Kier molecular flexibility index (Phi) is 4.01. The molecule has 2 heterocycles. The number of benzene rings is 1. The summed E-state index contributed by atoms with van der Waals surface area (Å²) in [5.41, 5.74) is 0.159. The van der Waals surface area contributed by atoms with Gasteiger partial charge in [-0.2, -0.15) is 0 Å². The molecule has 0 aliphatic carbocycles. The van der Waals surface area contributed by atoms with Gasteiger partial charge in [-0.1, -0.05) is 12.1 Å². The average Bonchev–Trinajstić information content (AvgIpc) is 3.01. The molecule has 1 fully saturated rings. The van der Waals surface area contributed by atoms with E-state index >= 15 is 0 Å². The zero-order valence-electron chi connectivity index (χ0n) is 11.7. The molecular weight excluding hydrogens is 271 g/mol. The number of amides is 1. The van der Waals surface area contributed by atoms with Crippen molar-refractivity contribution in [2.75, 3.05) is 26.2 Å². The summed E-state index contributed by atoms with van der Waals surface area (Å²) in [6.07, 6.45) is 1.67. The van der Waals surface area contributed by atoms with Gasteiger partial charge in [0.05, 0.1) is 38.0 Å². The second kappa shape index (κ2) is 6.10. The zero-order chi connectivity index (χ0) is 14.7. The van der Waals surface area contributed by atoms with E-state index in [9.17, 15) is 9.18 Å². The highest BCUT2D eigenvalue weighted by atomic mass is 19.1. The third-order valence-corrected chi connectivity index (χ3v) is 3.87.